The van der Waals surface area contributed by atoms with Crippen LogP contribution in [0.25, 0.3) is 53.6 Å². The molecule has 0 radical (unpaired) electrons. The fourth-order valence-corrected chi connectivity index (χ4v) is 5.87. The molecule has 2 heteroatoms. The van der Waals surface area contributed by atoms with Crippen LogP contribution in [-0.2, 0) is 0 Å². The summed E-state index contributed by atoms with van der Waals surface area (Å²) >= 11 is 8.27. The summed E-state index contributed by atoms with van der Waals surface area (Å²) in [6, 6.07) is 40.7. The molecular weight excluding hydrogens is 428 g/mol. The van der Waals surface area contributed by atoms with Crippen LogP contribution in [0, 0.1) is 0 Å². The molecular formula is C30H19ClS. The van der Waals surface area contributed by atoms with Crippen molar-refractivity contribution < 1.29 is 0 Å². The van der Waals surface area contributed by atoms with E-state index in [4.69, 9.17) is 11.6 Å². The van der Waals surface area contributed by atoms with E-state index in [1.165, 1.54) is 48.0 Å². The minimum Gasteiger partial charge on any atom is -0.135 e. The van der Waals surface area contributed by atoms with E-state index in [2.05, 4.69) is 103 Å². The Labute approximate surface area is 196 Å². The van der Waals surface area contributed by atoms with E-state index in [9.17, 15) is 0 Å². The van der Waals surface area contributed by atoms with Crippen LogP contribution in [0.3, 0.4) is 0 Å². The minimum absolute atomic E-state index is 0.750. The standard InChI is InChI=1S/C30H19ClS/c31-22-12-8-11-21(19-22)24-17-18-28-30(26-15-6-7-16-27(26)32-28)29(24)25-14-5-4-13-23(25)20-9-2-1-3-10-20/h1-19H. The van der Waals surface area contributed by atoms with Gasteiger partial charge in [-0.15, -0.1) is 11.3 Å². The molecule has 0 nitrogen and oxygen atoms in total. The van der Waals surface area contributed by atoms with Crippen LogP contribution in [0.5, 0.6) is 0 Å². The summed E-state index contributed by atoms with van der Waals surface area (Å²) in [6.45, 7) is 0. The fraction of sp³-hybridized carbons (Fsp3) is 0. The SMILES string of the molecule is Clc1cccc(-c2ccc3sc4ccccc4c3c2-c2ccccc2-c2ccccc2)c1. The van der Waals surface area contributed by atoms with Crippen molar-refractivity contribution in [3.8, 4) is 33.4 Å². The van der Waals surface area contributed by atoms with Gasteiger partial charge in [0.25, 0.3) is 0 Å². The van der Waals surface area contributed by atoms with Crippen LogP contribution >= 0.6 is 22.9 Å². The normalized spacial score (nSPS) is 11.3. The van der Waals surface area contributed by atoms with Crippen LogP contribution in [-0.4, -0.2) is 0 Å². The summed E-state index contributed by atoms with van der Waals surface area (Å²) in [7, 11) is 0. The van der Waals surface area contributed by atoms with Crippen molar-refractivity contribution in [3.05, 3.63) is 120 Å². The third-order valence-corrected chi connectivity index (χ3v) is 7.33. The largest absolute Gasteiger partial charge is 0.135 e. The maximum absolute atomic E-state index is 6.41. The van der Waals surface area contributed by atoms with Gasteiger partial charge in [0, 0.05) is 25.2 Å². The van der Waals surface area contributed by atoms with Gasteiger partial charge >= 0.3 is 0 Å². The number of hydrogen-bond acceptors (Lipinski definition) is 1. The number of benzene rings is 5. The van der Waals surface area contributed by atoms with E-state index >= 15 is 0 Å². The minimum atomic E-state index is 0.750. The molecule has 32 heavy (non-hydrogen) atoms. The maximum Gasteiger partial charge on any atom is 0.0412 e. The molecule has 0 aliphatic heterocycles. The first kappa shape index (κ1) is 19.3. The van der Waals surface area contributed by atoms with E-state index in [0.29, 0.717) is 0 Å². The molecule has 0 fully saturated rings. The third kappa shape index (κ3) is 3.22. The highest BCUT2D eigenvalue weighted by Crippen LogP contribution is 2.47. The van der Waals surface area contributed by atoms with Crippen LogP contribution in [0.1, 0.15) is 0 Å². The van der Waals surface area contributed by atoms with Gasteiger partial charge in [0.1, 0.15) is 0 Å². The van der Waals surface area contributed by atoms with Gasteiger partial charge in [-0.05, 0) is 57.6 Å². The molecule has 0 unspecified atom stereocenters. The van der Waals surface area contributed by atoms with E-state index < -0.39 is 0 Å². The summed E-state index contributed by atoms with van der Waals surface area (Å²) in [5.41, 5.74) is 7.29. The summed E-state index contributed by atoms with van der Waals surface area (Å²) in [5, 5.41) is 3.36. The zero-order valence-electron chi connectivity index (χ0n) is 17.3. The topological polar surface area (TPSA) is 0 Å². The number of fused-ring (bicyclic) bond motifs is 3. The van der Waals surface area contributed by atoms with Gasteiger partial charge in [-0.2, -0.15) is 0 Å². The zero-order valence-corrected chi connectivity index (χ0v) is 18.8. The molecule has 0 saturated carbocycles. The lowest BCUT2D eigenvalue weighted by atomic mass is 9.86. The molecule has 0 atom stereocenters. The number of thiophene rings is 1. The van der Waals surface area contributed by atoms with E-state index in [1.54, 1.807) is 0 Å². The van der Waals surface area contributed by atoms with Crippen molar-refractivity contribution >= 4 is 43.1 Å². The smallest absolute Gasteiger partial charge is 0.0412 e. The number of rotatable bonds is 3. The van der Waals surface area contributed by atoms with Crippen LogP contribution in [0.4, 0.5) is 0 Å². The second kappa shape index (κ2) is 7.94. The second-order valence-electron chi connectivity index (χ2n) is 7.88. The van der Waals surface area contributed by atoms with Gasteiger partial charge in [0.2, 0.25) is 0 Å². The molecule has 6 aromatic rings. The van der Waals surface area contributed by atoms with Crippen molar-refractivity contribution in [2.75, 3.05) is 0 Å². The number of halogens is 1. The quantitative estimate of drug-likeness (QED) is 0.253. The Morgan fingerprint density at radius 2 is 1.22 bits per heavy atom. The molecule has 5 aromatic carbocycles. The monoisotopic (exact) mass is 446 g/mol. The Balaban J connectivity index is 1.77. The summed E-state index contributed by atoms with van der Waals surface area (Å²) in [5.74, 6) is 0. The lowest BCUT2D eigenvalue weighted by Crippen LogP contribution is -1.90. The van der Waals surface area contributed by atoms with Crippen LogP contribution in [0.2, 0.25) is 5.02 Å². The van der Waals surface area contributed by atoms with Gasteiger partial charge in [0.05, 0.1) is 0 Å². The molecule has 0 N–H and O–H groups in total. The van der Waals surface area contributed by atoms with Crippen LogP contribution < -0.4 is 0 Å². The lowest BCUT2D eigenvalue weighted by Gasteiger charge is -2.17. The van der Waals surface area contributed by atoms with Gasteiger partial charge in [-0.3, -0.25) is 0 Å². The van der Waals surface area contributed by atoms with Crippen LogP contribution in [0.15, 0.2) is 115 Å². The fourth-order valence-electron chi connectivity index (χ4n) is 4.56. The predicted molar refractivity (Wildman–Crippen MR) is 141 cm³/mol. The molecule has 1 heterocycles. The lowest BCUT2D eigenvalue weighted by molar-refractivity contribution is 1.59. The summed E-state index contributed by atoms with van der Waals surface area (Å²) in [6.07, 6.45) is 0. The average molecular weight is 447 g/mol. The third-order valence-electron chi connectivity index (χ3n) is 5.96. The van der Waals surface area contributed by atoms with E-state index in [0.717, 1.165) is 10.6 Å². The number of hydrogen-bond donors (Lipinski definition) is 0. The Morgan fingerprint density at radius 1 is 0.500 bits per heavy atom. The highest BCUT2D eigenvalue weighted by Gasteiger charge is 2.19. The van der Waals surface area contributed by atoms with Gasteiger partial charge in [-0.1, -0.05) is 103 Å². The molecule has 6 rings (SSSR count). The molecule has 0 bridgehead atoms. The average Bonchev–Trinajstić information content (AvgIpc) is 3.23. The zero-order chi connectivity index (χ0) is 21.5. The Bertz CT molecular complexity index is 1580. The molecule has 0 aliphatic carbocycles. The van der Waals surface area contributed by atoms with Gasteiger partial charge in [-0.25, -0.2) is 0 Å². The molecule has 1 aromatic heterocycles. The predicted octanol–water partition coefficient (Wildman–Crippen LogP) is 9.71. The van der Waals surface area contributed by atoms with E-state index in [-0.39, 0.29) is 0 Å². The highest BCUT2D eigenvalue weighted by atomic mass is 35.5. The Kier molecular flexibility index (Phi) is 4.79. The molecule has 0 amide bonds. The Hall–Kier alpha value is -3.39. The van der Waals surface area contributed by atoms with Crippen molar-refractivity contribution in [3.63, 3.8) is 0 Å². The first-order valence-corrected chi connectivity index (χ1v) is 11.8. The summed E-state index contributed by atoms with van der Waals surface area (Å²) in [4.78, 5) is 0. The van der Waals surface area contributed by atoms with Gasteiger partial charge in [0.15, 0.2) is 0 Å². The first-order valence-electron chi connectivity index (χ1n) is 10.6. The van der Waals surface area contributed by atoms with Crippen molar-refractivity contribution in [1.29, 1.82) is 0 Å². The molecule has 0 aliphatic rings. The molecule has 0 saturated heterocycles. The maximum atomic E-state index is 6.41. The van der Waals surface area contributed by atoms with Crippen molar-refractivity contribution in [2.45, 2.75) is 0 Å². The Morgan fingerprint density at radius 3 is 2.06 bits per heavy atom. The van der Waals surface area contributed by atoms with E-state index in [1.807, 2.05) is 23.5 Å². The molecule has 0 spiro atoms. The first-order chi connectivity index (χ1) is 15.8. The highest BCUT2D eigenvalue weighted by molar-refractivity contribution is 7.26. The summed E-state index contributed by atoms with van der Waals surface area (Å²) < 4.78 is 2.61. The van der Waals surface area contributed by atoms with Gasteiger partial charge < -0.3 is 0 Å². The van der Waals surface area contributed by atoms with Crippen molar-refractivity contribution in [1.82, 2.24) is 0 Å². The van der Waals surface area contributed by atoms with Crippen molar-refractivity contribution in [2.24, 2.45) is 0 Å². The molecule has 152 valence electrons. The second-order valence-corrected chi connectivity index (χ2v) is 9.40.